The van der Waals surface area contributed by atoms with Gasteiger partial charge in [-0.1, -0.05) is 24.3 Å². The summed E-state index contributed by atoms with van der Waals surface area (Å²) in [7, 11) is 3.13. The largest absolute Gasteiger partial charge is 0.493 e. The molecule has 108 valence electrons. The summed E-state index contributed by atoms with van der Waals surface area (Å²) in [6.45, 7) is 0. The van der Waals surface area contributed by atoms with Crippen molar-refractivity contribution in [3.63, 3.8) is 0 Å². The van der Waals surface area contributed by atoms with Crippen LogP contribution >= 0.6 is 0 Å². The molecule has 0 aliphatic carbocycles. The van der Waals surface area contributed by atoms with Gasteiger partial charge in [0.25, 0.3) is 0 Å². The molecule has 0 amide bonds. The number of carbonyl (C=O) groups excluding carboxylic acids is 1. The lowest BCUT2D eigenvalue weighted by Gasteiger charge is -2.09. The predicted octanol–water partition coefficient (Wildman–Crippen LogP) is 3.18. The Labute approximate surface area is 123 Å². The monoisotopic (exact) mass is 283 g/mol. The Hall–Kier alpha value is -2.75. The zero-order valence-corrected chi connectivity index (χ0v) is 12.0. The quantitative estimate of drug-likeness (QED) is 0.520. The van der Waals surface area contributed by atoms with Crippen molar-refractivity contribution >= 4 is 17.5 Å². The first kappa shape index (κ1) is 14.7. The van der Waals surface area contributed by atoms with Gasteiger partial charge in [-0.2, -0.15) is 0 Å². The van der Waals surface area contributed by atoms with Crippen LogP contribution in [0, 0.1) is 0 Å². The van der Waals surface area contributed by atoms with Gasteiger partial charge in [0.1, 0.15) is 0 Å². The third-order valence-electron chi connectivity index (χ3n) is 3.07. The molecule has 4 nitrogen and oxygen atoms in total. The van der Waals surface area contributed by atoms with Gasteiger partial charge in [0, 0.05) is 16.8 Å². The molecule has 2 rings (SSSR count). The lowest BCUT2D eigenvalue weighted by Crippen LogP contribution is -2.00. The summed E-state index contributed by atoms with van der Waals surface area (Å²) in [5.74, 6) is 1.05. The molecule has 0 bridgehead atoms. The van der Waals surface area contributed by atoms with E-state index in [1.807, 2.05) is 12.1 Å². The topological polar surface area (TPSA) is 61.5 Å². The van der Waals surface area contributed by atoms with Crippen molar-refractivity contribution in [2.75, 3.05) is 20.0 Å². The summed E-state index contributed by atoms with van der Waals surface area (Å²) >= 11 is 0. The Kier molecular flexibility index (Phi) is 4.61. The highest BCUT2D eigenvalue weighted by Gasteiger charge is 2.09. The predicted molar refractivity (Wildman–Crippen MR) is 83.8 cm³/mol. The molecule has 0 saturated heterocycles. The normalized spacial score (nSPS) is 10.6. The molecule has 0 radical (unpaired) electrons. The standard InChI is InChI=1S/C17H17NO3/c1-20-16-9-5-6-12(17(16)21-2)10-11-15(19)13-7-3-4-8-14(13)18/h3-11H,18H2,1-2H3. The van der Waals surface area contributed by atoms with Crippen molar-refractivity contribution in [2.45, 2.75) is 0 Å². The third kappa shape index (κ3) is 3.23. The number of rotatable bonds is 5. The summed E-state index contributed by atoms with van der Waals surface area (Å²) in [5, 5.41) is 0. The number of nitrogen functional groups attached to an aromatic ring is 1. The highest BCUT2D eigenvalue weighted by Crippen LogP contribution is 2.31. The average molecular weight is 283 g/mol. The first-order chi connectivity index (χ1) is 10.2. The number of allylic oxidation sites excluding steroid dienone is 1. The van der Waals surface area contributed by atoms with Gasteiger partial charge in [0.15, 0.2) is 17.3 Å². The number of ketones is 1. The van der Waals surface area contributed by atoms with Crippen LogP contribution in [0.1, 0.15) is 15.9 Å². The van der Waals surface area contributed by atoms with Crippen LogP contribution in [0.15, 0.2) is 48.5 Å². The molecular formula is C17H17NO3. The molecule has 2 aromatic rings. The van der Waals surface area contributed by atoms with Crippen LogP contribution in [-0.2, 0) is 0 Å². The maximum Gasteiger partial charge on any atom is 0.187 e. The van der Waals surface area contributed by atoms with Gasteiger partial charge in [0.2, 0.25) is 0 Å². The number of methoxy groups -OCH3 is 2. The number of para-hydroxylation sites is 2. The Morgan fingerprint density at radius 2 is 1.81 bits per heavy atom. The van der Waals surface area contributed by atoms with Crippen LogP contribution in [0.3, 0.4) is 0 Å². The smallest absolute Gasteiger partial charge is 0.187 e. The molecule has 4 heteroatoms. The number of benzene rings is 2. The fourth-order valence-electron chi connectivity index (χ4n) is 2.02. The highest BCUT2D eigenvalue weighted by atomic mass is 16.5. The summed E-state index contributed by atoms with van der Waals surface area (Å²) in [6, 6.07) is 12.5. The van der Waals surface area contributed by atoms with E-state index in [0.29, 0.717) is 22.7 Å². The molecule has 0 atom stereocenters. The molecule has 2 aromatic carbocycles. The first-order valence-corrected chi connectivity index (χ1v) is 6.45. The van der Waals surface area contributed by atoms with Gasteiger partial charge in [-0.25, -0.2) is 0 Å². The van der Waals surface area contributed by atoms with E-state index in [0.717, 1.165) is 5.56 Å². The molecular weight excluding hydrogens is 266 g/mol. The van der Waals surface area contributed by atoms with Crippen molar-refractivity contribution < 1.29 is 14.3 Å². The van der Waals surface area contributed by atoms with E-state index >= 15 is 0 Å². The Morgan fingerprint density at radius 1 is 1.05 bits per heavy atom. The van der Waals surface area contributed by atoms with Crippen molar-refractivity contribution in [3.8, 4) is 11.5 Å². The van der Waals surface area contributed by atoms with E-state index in [2.05, 4.69) is 0 Å². The molecule has 0 aliphatic rings. The van der Waals surface area contributed by atoms with Crippen LogP contribution < -0.4 is 15.2 Å². The van der Waals surface area contributed by atoms with Gasteiger partial charge in [-0.05, 0) is 30.4 Å². The van der Waals surface area contributed by atoms with Crippen LogP contribution in [0.4, 0.5) is 5.69 Å². The summed E-state index contributed by atoms with van der Waals surface area (Å²) in [6.07, 6.45) is 3.17. The SMILES string of the molecule is COc1cccc(C=CC(=O)c2ccccc2N)c1OC. The van der Waals surface area contributed by atoms with E-state index in [1.165, 1.54) is 6.08 Å². The number of carbonyl (C=O) groups is 1. The molecule has 0 unspecified atom stereocenters. The minimum atomic E-state index is -0.155. The van der Waals surface area contributed by atoms with Crippen molar-refractivity contribution in [2.24, 2.45) is 0 Å². The minimum Gasteiger partial charge on any atom is -0.493 e. The lowest BCUT2D eigenvalue weighted by molar-refractivity contribution is 0.104. The molecule has 0 heterocycles. The fraction of sp³-hybridized carbons (Fsp3) is 0.118. The van der Waals surface area contributed by atoms with Gasteiger partial charge in [0.05, 0.1) is 14.2 Å². The second kappa shape index (κ2) is 6.61. The zero-order valence-electron chi connectivity index (χ0n) is 12.0. The average Bonchev–Trinajstić information content (AvgIpc) is 2.52. The minimum absolute atomic E-state index is 0.155. The van der Waals surface area contributed by atoms with Gasteiger partial charge in [-0.15, -0.1) is 0 Å². The molecule has 0 fully saturated rings. The Bertz CT molecular complexity index is 677. The number of nitrogens with two attached hydrogens (primary N) is 1. The fourth-order valence-corrected chi connectivity index (χ4v) is 2.02. The lowest BCUT2D eigenvalue weighted by atomic mass is 10.1. The van der Waals surface area contributed by atoms with Gasteiger partial charge >= 0.3 is 0 Å². The molecule has 0 spiro atoms. The van der Waals surface area contributed by atoms with E-state index in [9.17, 15) is 4.79 Å². The molecule has 0 saturated carbocycles. The maximum atomic E-state index is 12.2. The number of ether oxygens (including phenoxy) is 2. The zero-order chi connectivity index (χ0) is 15.2. The summed E-state index contributed by atoms with van der Waals surface area (Å²) < 4.78 is 10.5. The van der Waals surface area contributed by atoms with Crippen LogP contribution in [0.2, 0.25) is 0 Å². The second-order valence-corrected chi connectivity index (χ2v) is 4.37. The first-order valence-electron chi connectivity index (χ1n) is 6.45. The highest BCUT2D eigenvalue weighted by molar-refractivity contribution is 6.10. The van der Waals surface area contributed by atoms with Crippen molar-refractivity contribution in [1.82, 2.24) is 0 Å². The van der Waals surface area contributed by atoms with E-state index < -0.39 is 0 Å². The molecule has 2 N–H and O–H groups in total. The summed E-state index contributed by atoms with van der Waals surface area (Å²) in [4.78, 5) is 12.2. The Balaban J connectivity index is 2.30. The van der Waals surface area contributed by atoms with Crippen molar-refractivity contribution in [3.05, 3.63) is 59.7 Å². The number of anilines is 1. The Morgan fingerprint density at radius 3 is 2.48 bits per heavy atom. The van der Waals surface area contributed by atoms with E-state index in [1.54, 1.807) is 50.6 Å². The molecule has 0 aliphatic heterocycles. The van der Waals surface area contributed by atoms with E-state index in [-0.39, 0.29) is 5.78 Å². The van der Waals surface area contributed by atoms with Crippen LogP contribution in [0.25, 0.3) is 6.08 Å². The third-order valence-corrected chi connectivity index (χ3v) is 3.07. The maximum absolute atomic E-state index is 12.2. The second-order valence-electron chi connectivity index (χ2n) is 4.37. The van der Waals surface area contributed by atoms with Crippen molar-refractivity contribution in [1.29, 1.82) is 0 Å². The van der Waals surface area contributed by atoms with Gasteiger partial charge < -0.3 is 15.2 Å². The van der Waals surface area contributed by atoms with Gasteiger partial charge in [-0.3, -0.25) is 4.79 Å². The molecule has 21 heavy (non-hydrogen) atoms. The number of hydrogen-bond acceptors (Lipinski definition) is 4. The summed E-state index contributed by atoms with van der Waals surface area (Å²) in [5.41, 5.74) is 7.50. The molecule has 0 aromatic heterocycles. The van der Waals surface area contributed by atoms with Crippen LogP contribution in [0.5, 0.6) is 11.5 Å². The number of hydrogen-bond donors (Lipinski definition) is 1. The van der Waals surface area contributed by atoms with E-state index in [4.69, 9.17) is 15.2 Å². The van der Waals surface area contributed by atoms with Crippen LogP contribution in [-0.4, -0.2) is 20.0 Å².